The third kappa shape index (κ3) is 2.83. The van der Waals surface area contributed by atoms with Crippen LogP contribution in [0, 0.1) is 17.0 Å². The first-order valence-electron chi connectivity index (χ1n) is 5.92. The number of benzene rings is 2. The van der Waals surface area contributed by atoms with E-state index in [9.17, 15) is 10.1 Å². The van der Waals surface area contributed by atoms with E-state index in [-0.39, 0.29) is 11.4 Å². The first-order valence-corrected chi connectivity index (χ1v) is 6.30. The van der Waals surface area contributed by atoms with Crippen molar-refractivity contribution in [1.29, 1.82) is 0 Å². The molecule has 0 fully saturated rings. The second-order valence-corrected chi connectivity index (χ2v) is 4.61. The van der Waals surface area contributed by atoms with Gasteiger partial charge in [0.25, 0.3) is 0 Å². The van der Waals surface area contributed by atoms with Crippen LogP contribution in [0.4, 0.5) is 11.4 Å². The van der Waals surface area contributed by atoms with Crippen molar-refractivity contribution >= 4 is 23.0 Å². The molecule has 0 aliphatic carbocycles. The minimum atomic E-state index is -0.466. The third-order valence-corrected chi connectivity index (χ3v) is 3.04. The number of nitro groups is 1. The maximum Gasteiger partial charge on any atom is 0.334 e. The Morgan fingerprint density at radius 1 is 1.25 bits per heavy atom. The molecule has 104 valence electrons. The van der Waals surface area contributed by atoms with Crippen LogP contribution >= 0.6 is 11.6 Å². The number of hydrogen-bond donors (Lipinski definition) is 1. The quantitative estimate of drug-likeness (QED) is 0.670. The number of nitrogens with zero attached hydrogens (tertiary/aromatic N) is 1. The number of halogens is 1. The molecule has 2 aromatic carbocycles. The highest BCUT2D eigenvalue weighted by molar-refractivity contribution is 6.30. The van der Waals surface area contributed by atoms with E-state index in [0.717, 1.165) is 5.56 Å². The van der Waals surface area contributed by atoms with Crippen molar-refractivity contribution in [2.45, 2.75) is 6.92 Å². The van der Waals surface area contributed by atoms with Crippen LogP contribution in [0.5, 0.6) is 11.5 Å². The van der Waals surface area contributed by atoms with Crippen molar-refractivity contribution in [3.63, 3.8) is 0 Å². The van der Waals surface area contributed by atoms with Gasteiger partial charge in [-0.1, -0.05) is 17.7 Å². The molecule has 2 aromatic rings. The Morgan fingerprint density at radius 2 is 2.00 bits per heavy atom. The van der Waals surface area contributed by atoms with Gasteiger partial charge in [-0.05, 0) is 42.8 Å². The molecule has 0 aliphatic heterocycles. The summed E-state index contributed by atoms with van der Waals surface area (Å²) in [5.41, 5.74) is 1.12. The Hall–Kier alpha value is -2.27. The van der Waals surface area contributed by atoms with E-state index < -0.39 is 4.92 Å². The largest absolute Gasteiger partial charge is 0.450 e. The molecule has 0 atom stereocenters. The van der Waals surface area contributed by atoms with Crippen molar-refractivity contribution in [2.24, 2.45) is 0 Å². The number of rotatable bonds is 4. The zero-order chi connectivity index (χ0) is 14.7. The summed E-state index contributed by atoms with van der Waals surface area (Å²) in [6.45, 7) is 1.83. The van der Waals surface area contributed by atoms with E-state index in [1.54, 1.807) is 43.4 Å². The van der Waals surface area contributed by atoms with Gasteiger partial charge in [0.2, 0.25) is 5.75 Å². The smallest absolute Gasteiger partial charge is 0.334 e. The Labute approximate surface area is 121 Å². The summed E-state index contributed by atoms with van der Waals surface area (Å²) >= 11 is 5.88. The molecule has 6 heteroatoms. The fourth-order valence-electron chi connectivity index (χ4n) is 1.84. The van der Waals surface area contributed by atoms with E-state index in [2.05, 4.69) is 5.32 Å². The van der Waals surface area contributed by atoms with Crippen LogP contribution in [0.1, 0.15) is 5.56 Å². The average Bonchev–Trinajstić information content (AvgIpc) is 2.41. The molecule has 0 unspecified atom stereocenters. The number of nitrogens with one attached hydrogen (secondary N) is 1. The van der Waals surface area contributed by atoms with E-state index >= 15 is 0 Å². The van der Waals surface area contributed by atoms with Crippen molar-refractivity contribution in [1.82, 2.24) is 0 Å². The highest BCUT2D eigenvalue weighted by Gasteiger charge is 2.21. The van der Waals surface area contributed by atoms with Crippen LogP contribution in [-0.4, -0.2) is 12.0 Å². The summed E-state index contributed by atoms with van der Waals surface area (Å²) < 4.78 is 5.66. The van der Waals surface area contributed by atoms with Gasteiger partial charge in [-0.3, -0.25) is 10.1 Å². The number of aryl methyl sites for hydroxylation is 1. The van der Waals surface area contributed by atoms with E-state index in [1.807, 2.05) is 6.92 Å². The van der Waals surface area contributed by atoms with Crippen molar-refractivity contribution < 1.29 is 9.66 Å². The van der Waals surface area contributed by atoms with E-state index in [0.29, 0.717) is 16.5 Å². The van der Waals surface area contributed by atoms with Gasteiger partial charge in [0.05, 0.1) is 4.92 Å². The average molecular weight is 293 g/mol. The lowest BCUT2D eigenvalue weighted by atomic mass is 10.2. The summed E-state index contributed by atoms with van der Waals surface area (Å²) in [5.74, 6) is 0.720. The lowest BCUT2D eigenvalue weighted by Crippen LogP contribution is -1.99. The Kier molecular flexibility index (Phi) is 4.10. The number of nitro benzene ring substituents is 1. The Balaban J connectivity index is 2.45. The fourth-order valence-corrected chi connectivity index (χ4v) is 2.07. The molecule has 0 aliphatic rings. The second kappa shape index (κ2) is 5.79. The number of anilines is 1. The van der Waals surface area contributed by atoms with Crippen LogP contribution in [0.3, 0.4) is 0 Å². The summed E-state index contributed by atoms with van der Waals surface area (Å²) in [7, 11) is 1.62. The maximum atomic E-state index is 11.2. The number of para-hydroxylation sites is 1. The topological polar surface area (TPSA) is 64.4 Å². The zero-order valence-electron chi connectivity index (χ0n) is 11.0. The molecule has 0 heterocycles. The van der Waals surface area contributed by atoms with Crippen molar-refractivity contribution in [3.05, 3.63) is 57.1 Å². The maximum absolute atomic E-state index is 11.2. The Morgan fingerprint density at radius 3 is 2.60 bits per heavy atom. The fraction of sp³-hybridized carbons (Fsp3) is 0.143. The highest BCUT2D eigenvalue weighted by Crippen LogP contribution is 2.38. The number of ether oxygens (including phenoxy) is 1. The molecule has 2 rings (SSSR count). The van der Waals surface area contributed by atoms with Crippen LogP contribution < -0.4 is 10.1 Å². The van der Waals surface area contributed by atoms with Gasteiger partial charge < -0.3 is 10.1 Å². The van der Waals surface area contributed by atoms with Crippen LogP contribution in [-0.2, 0) is 0 Å². The van der Waals surface area contributed by atoms with Crippen LogP contribution in [0.25, 0.3) is 0 Å². The van der Waals surface area contributed by atoms with Crippen LogP contribution in [0.2, 0.25) is 5.02 Å². The SMILES string of the molecule is CNc1cccc(Oc2ccc(Cl)cc2C)c1[N+](=O)[O-]. The zero-order valence-corrected chi connectivity index (χ0v) is 11.8. The molecule has 0 spiro atoms. The van der Waals surface area contributed by atoms with Crippen molar-refractivity contribution in [3.8, 4) is 11.5 Å². The Bertz CT molecular complexity index is 659. The van der Waals surface area contributed by atoms with Gasteiger partial charge in [-0.25, -0.2) is 0 Å². The highest BCUT2D eigenvalue weighted by atomic mass is 35.5. The predicted molar refractivity (Wildman–Crippen MR) is 78.9 cm³/mol. The van der Waals surface area contributed by atoms with Gasteiger partial charge in [-0.2, -0.15) is 0 Å². The van der Waals surface area contributed by atoms with Gasteiger partial charge >= 0.3 is 5.69 Å². The molecule has 0 aromatic heterocycles. The molecule has 0 saturated carbocycles. The molecular formula is C14H13ClN2O3. The third-order valence-electron chi connectivity index (χ3n) is 2.81. The minimum Gasteiger partial charge on any atom is -0.450 e. The van der Waals surface area contributed by atoms with Crippen molar-refractivity contribution in [2.75, 3.05) is 12.4 Å². The van der Waals surface area contributed by atoms with Gasteiger partial charge in [-0.15, -0.1) is 0 Å². The monoisotopic (exact) mass is 292 g/mol. The van der Waals surface area contributed by atoms with E-state index in [4.69, 9.17) is 16.3 Å². The predicted octanol–water partition coefficient (Wildman–Crippen LogP) is 4.39. The molecule has 20 heavy (non-hydrogen) atoms. The van der Waals surface area contributed by atoms with Crippen LogP contribution in [0.15, 0.2) is 36.4 Å². The summed E-state index contributed by atoms with van der Waals surface area (Å²) in [6.07, 6.45) is 0. The first kappa shape index (κ1) is 14.1. The molecule has 0 amide bonds. The molecular weight excluding hydrogens is 280 g/mol. The van der Waals surface area contributed by atoms with Gasteiger partial charge in [0, 0.05) is 12.1 Å². The lowest BCUT2D eigenvalue weighted by Gasteiger charge is -2.11. The molecule has 0 bridgehead atoms. The van der Waals surface area contributed by atoms with Gasteiger partial charge in [0.1, 0.15) is 11.4 Å². The van der Waals surface area contributed by atoms with Gasteiger partial charge in [0.15, 0.2) is 0 Å². The molecule has 1 N–H and O–H groups in total. The summed E-state index contributed by atoms with van der Waals surface area (Å²) in [6, 6.07) is 9.99. The lowest BCUT2D eigenvalue weighted by molar-refractivity contribution is -0.384. The second-order valence-electron chi connectivity index (χ2n) is 4.17. The molecule has 0 saturated heterocycles. The minimum absolute atomic E-state index is 0.0932. The van der Waals surface area contributed by atoms with E-state index in [1.165, 1.54) is 0 Å². The first-order chi connectivity index (χ1) is 9.52. The summed E-state index contributed by atoms with van der Waals surface area (Å²) in [5, 5.41) is 14.6. The normalized spacial score (nSPS) is 10.2. The molecule has 0 radical (unpaired) electrons. The standard InChI is InChI=1S/C14H13ClN2O3/c1-9-8-10(15)6-7-12(9)20-13-5-3-4-11(16-2)14(13)17(18)19/h3-8,16H,1-2H3. The number of hydrogen-bond acceptors (Lipinski definition) is 4. The summed E-state index contributed by atoms with van der Waals surface area (Å²) in [4.78, 5) is 10.7. The molecule has 5 nitrogen and oxygen atoms in total.